The molecule has 0 saturated carbocycles. The number of ether oxygens (including phenoxy) is 1. The van der Waals surface area contributed by atoms with Crippen LogP contribution in [0.2, 0.25) is 0 Å². The van der Waals surface area contributed by atoms with Crippen LogP contribution in [0.15, 0.2) is 24.3 Å². The number of carbonyl (C=O) groups excluding carboxylic acids is 2. The number of rotatable bonds is 5. The van der Waals surface area contributed by atoms with Crippen LogP contribution in [-0.4, -0.2) is 25.0 Å². The molecule has 0 saturated heterocycles. The molecule has 4 heteroatoms. The highest BCUT2D eigenvalue weighted by molar-refractivity contribution is 5.84. The summed E-state index contributed by atoms with van der Waals surface area (Å²) in [6.07, 6.45) is 3.19. The van der Waals surface area contributed by atoms with Gasteiger partial charge in [-0.15, -0.1) is 0 Å². The molecule has 1 amide bonds. The number of nitrogens with one attached hydrogen (secondary N) is 1. The Bertz CT molecular complexity index is 484. The van der Waals surface area contributed by atoms with E-state index >= 15 is 0 Å². The van der Waals surface area contributed by atoms with Crippen LogP contribution in [0.25, 0.3) is 0 Å². The van der Waals surface area contributed by atoms with E-state index in [0.717, 1.165) is 24.8 Å². The molecule has 4 nitrogen and oxygen atoms in total. The van der Waals surface area contributed by atoms with E-state index in [1.165, 1.54) is 5.56 Å². The Morgan fingerprint density at radius 2 is 2.15 bits per heavy atom. The lowest BCUT2D eigenvalue weighted by atomic mass is 9.82. The summed E-state index contributed by atoms with van der Waals surface area (Å²) >= 11 is 0. The van der Waals surface area contributed by atoms with Crippen molar-refractivity contribution in [1.82, 2.24) is 5.32 Å². The quantitative estimate of drug-likeness (QED) is 0.838. The molecule has 108 valence electrons. The normalized spacial score (nSPS) is 17.1. The second kappa shape index (κ2) is 7.08. The molecule has 0 spiro atoms. The van der Waals surface area contributed by atoms with Crippen molar-refractivity contribution in [2.45, 2.75) is 38.5 Å². The largest absolute Gasteiger partial charge is 0.466 e. The van der Waals surface area contributed by atoms with Crippen LogP contribution in [0.5, 0.6) is 0 Å². The molecule has 0 aromatic heterocycles. The molecular weight excluding hydrogens is 254 g/mol. The van der Waals surface area contributed by atoms with E-state index in [9.17, 15) is 9.59 Å². The van der Waals surface area contributed by atoms with Gasteiger partial charge in [0.25, 0.3) is 0 Å². The van der Waals surface area contributed by atoms with Crippen LogP contribution >= 0.6 is 0 Å². The van der Waals surface area contributed by atoms with Gasteiger partial charge in [-0.3, -0.25) is 9.59 Å². The number of fused-ring (bicyclic) bond motifs is 1. The van der Waals surface area contributed by atoms with Gasteiger partial charge in [-0.25, -0.2) is 0 Å². The maximum Gasteiger partial charge on any atom is 0.307 e. The minimum atomic E-state index is -0.267. The molecular formula is C16H21NO3. The Morgan fingerprint density at radius 3 is 2.95 bits per heavy atom. The lowest BCUT2D eigenvalue weighted by molar-refractivity contribution is -0.143. The first-order valence-electron chi connectivity index (χ1n) is 7.23. The molecule has 2 rings (SSSR count). The summed E-state index contributed by atoms with van der Waals surface area (Å²) in [4.78, 5) is 23.5. The zero-order valence-corrected chi connectivity index (χ0v) is 11.9. The van der Waals surface area contributed by atoms with Crippen molar-refractivity contribution in [2.24, 2.45) is 0 Å². The van der Waals surface area contributed by atoms with Crippen molar-refractivity contribution in [3.63, 3.8) is 0 Å². The fraction of sp³-hybridized carbons (Fsp3) is 0.500. The molecule has 0 bridgehead atoms. The lowest BCUT2D eigenvalue weighted by Crippen LogP contribution is -2.33. The van der Waals surface area contributed by atoms with Crippen LogP contribution < -0.4 is 5.32 Å². The van der Waals surface area contributed by atoms with Crippen molar-refractivity contribution in [1.29, 1.82) is 0 Å². The Hall–Kier alpha value is -1.84. The van der Waals surface area contributed by atoms with Gasteiger partial charge in [0.2, 0.25) is 5.91 Å². The smallest absolute Gasteiger partial charge is 0.307 e. The second-order valence-electron chi connectivity index (χ2n) is 4.99. The molecule has 1 atom stereocenters. The van der Waals surface area contributed by atoms with E-state index in [2.05, 4.69) is 11.4 Å². The molecule has 1 unspecified atom stereocenters. The molecule has 1 N–H and O–H groups in total. The van der Waals surface area contributed by atoms with Gasteiger partial charge in [-0.1, -0.05) is 24.3 Å². The van der Waals surface area contributed by atoms with Gasteiger partial charge >= 0.3 is 5.97 Å². The number of hydrogen-bond acceptors (Lipinski definition) is 3. The zero-order valence-electron chi connectivity index (χ0n) is 11.9. The van der Waals surface area contributed by atoms with Gasteiger partial charge in [-0.2, -0.15) is 0 Å². The maximum atomic E-state index is 12.2. The van der Waals surface area contributed by atoms with Crippen LogP contribution in [0.1, 0.15) is 43.2 Å². The molecule has 0 radical (unpaired) electrons. The third-order valence-electron chi connectivity index (χ3n) is 3.62. The highest BCUT2D eigenvalue weighted by Gasteiger charge is 2.25. The summed E-state index contributed by atoms with van der Waals surface area (Å²) in [6, 6.07) is 8.11. The fourth-order valence-corrected chi connectivity index (χ4v) is 2.67. The Labute approximate surface area is 119 Å². The Balaban J connectivity index is 1.89. The van der Waals surface area contributed by atoms with E-state index in [-0.39, 0.29) is 24.2 Å². The predicted molar refractivity (Wildman–Crippen MR) is 76.4 cm³/mol. The topological polar surface area (TPSA) is 55.4 Å². The summed E-state index contributed by atoms with van der Waals surface area (Å²) in [5, 5.41) is 2.84. The number of hydrogen-bond donors (Lipinski definition) is 1. The first-order chi connectivity index (χ1) is 9.72. The van der Waals surface area contributed by atoms with E-state index in [4.69, 9.17) is 4.74 Å². The molecule has 20 heavy (non-hydrogen) atoms. The Kier molecular flexibility index (Phi) is 5.16. The van der Waals surface area contributed by atoms with Gasteiger partial charge in [0.1, 0.15) is 0 Å². The molecule has 0 aliphatic heterocycles. The summed E-state index contributed by atoms with van der Waals surface area (Å²) in [7, 11) is 0. The van der Waals surface area contributed by atoms with Crippen LogP contribution in [0.4, 0.5) is 0 Å². The third-order valence-corrected chi connectivity index (χ3v) is 3.62. The van der Waals surface area contributed by atoms with Gasteiger partial charge in [0.05, 0.1) is 18.9 Å². The lowest BCUT2D eigenvalue weighted by Gasteiger charge is -2.24. The molecule has 1 aliphatic carbocycles. The molecule has 0 fully saturated rings. The fourth-order valence-electron chi connectivity index (χ4n) is 2.67. The highest BCUT2D eigenvalue weighted by atomic mass is 16.5. The molecule has 1 aliphatic rings. The summed E-state index contributed by atoms with van der Waals surface area (Å²) in [6.45, 7) is 2.49. The molecule has 0 heterocycles. The van der Waals surface area contributed by atoms with Gasteiger partial charge in [0.15, 0.2) is 0 Å². The van der Waals surface area contributed by atoms with Crippen molar-refractivity contribution in [3.8, 4) is 0 Å². The summed E-state index contributed by atoms with van der Waals surface area (Å²) < 4.78 is 4.84. The highest BCUT2D eigenvalue weighted by Crippen LogP contribution is 2.31. The number of benzene rings is 1. The standard InChI is InChI=1S/C16H21NO3/c1-2-20-15(18)10-11-17-16(19)14-9-5-7-12-6-3-4-8-13(12)14/h3-4,6,8,14H,2,5,7,9-11H2,1H3,(H,17,19). The third kappa shape index (κ3) is 3.59. The first kappa shape index (κ1) is 14.6. The first-order valence-corrected chi connectivity index (χ1v) is 7.23. The number of aryl methyl sites for hydroxylation is 1. The summed E-state index contributed by atoms with van der Waals surface area (Å²) in [5.41, 5.74) is 2.40. The summed E-state index contributed by atoms with van der Waals surface area (Å²) in [5.74, 6) is -0.333. The van der Waals surface area contributed by atoms with Crippen LogP contribution in [0, 0.1) is 0 Å². The van der Waals surface area contributed by atoms with Crippen molar-refractivity contribution in [3.05, 3.63) is 35.4 Å². The van der Waals surface area contributed by atoms with Crippen molar-refractivity contribution in [2.75, 3.05) is 13.2 Å². The van der Waals surface area contributed by atoms with Crippen LogP contribution in [0.3, 0.4) is 0 Å². The number of esters is 1. The van der Waals surface area contributed by atoms with E-state index < -0.39 is 0 Å². The van der Waals surface area contributed by atoms with Crippen molar-refractivity contribution < 1.29 is 14.3 Å². The average molecular weight is 275 g/mol. The second-order valence-corrected chi connectivity index (χ2v) is 4.99. The SMILES string of the molecule is CCOC(=O)CCNC(=O)C1CCCc2ccccc21. The number of carbonyl (C=O) groups is 2. The minimum Gasteiger partial charge on any atom is -0.466 e. The molecule has 1 aromatic carbocycles. The van der Waals surface area contributed by atoms with E-state index in [1.807, 2.05) is 18.2 Å². The monoisotopic (exact) mass is 275 g/mol. The van der Waals surface area contributed by atoms with Gasteiger partial charge in [-0.05, 0) is 37.3 Å². The Morgan fingerprint density at radius 1 is 1.35 bits per heavy atom. The van der Waals surface area contributed by atoms with Crippen molar-refractivity contribution >= 4 is 11.9 Å². The van der Waals surface area contributed by atoms with E-state index in [0.29, 0.717) is 13.2 Å². The minimum absolute atomic E-state index is 0.0152. The zero-order chi connectivity index (χ0) is 14.4. The average Bonchev–Trinajstić information content (AvgIpc) is 2.47. The predicted octanol–water partition coefficient (Wildman–Crippen LogP) is 2.18. The molecule has 1 aromatic rings. The van der Waals surface area contributed by atoms with Gasteiger partial charge < -0.3 is 10.1 Å². The number of amides is 1. The van der Waals surface area contributed by atoms with E-state index in [1.54, 1.807) is 6.92 Å². The maximum absolute atomic E-state index is 12.2. The van der Waals surface area contributed by atoms with Gasteiger partial charge in [0, 0.05) is 6.54 Å². The van der Waals surface area contributed by atoms with Crippen LogP contribution in [-0.2, 0) is 20.7 Å².